The molecule has 2 aliphatic rings. The van der Waals surface area contributed by atoms with Crippen LogP contribution in [0.15, 0.2) is 47.0 Å². The minimum atomic E-state index is -4.02. The number of halogens is 4. The smallest absolute Gasteiger partial charge is 0.467 e. The van der Waals surface area contributed by atoms with Crippen LogP contribution in [0.4, 0.5) is 8.63 Å². The van der Waals surface area contributed by atoms with Crippen LogP contribution < -0.4 is 4.74 Å². The Morgan fingerprint density at radius 3 is 2.54 bits per heavy atom. The Bertz CT molecular complexity index is 950. The molecule has 10 heteroatoms. The average Bonchev–Trinajstić information content (AvgIpc) is 3.13. The number of ether oxygens (including phenoxy) is 1. The number of hydrogen-bond acceptors (Lipinski definition) is 3. The van der Waals surface area contributed by atoms with E-state index in [0.29, 0.717) is 31.8 Å². The molecule has 2 aromatic heterocycles. The number of methoxy groups -OCH3 is 1. The van der Waals surface area contributed by atoms with Gasteiger partial charge in [-0.1, -0.05) is 0 Å². The molecule has 2 aliphatic heterocycles. The van der Waals surface area contributed by atoms with Crippen LogP contribution in [0.3, 0.4) is 0 Å². The standard InChI is InChI=1S/C14H9BBr2F2N4O/c1-24-14-20-6-8(7-21-14)13-9-2-4-11(16)22(9)15(18,19)23-10(13)3-5-12(23)17/h2-7H,1H3. The third kappa shape index (κ3) is 2.05. The van der Waals surface area contributed by atoms with Gasteiger partial charge in [0.2, 0.25) is 4.62 Å². The van der Waals surface area contributed by atoms with E-state index in [4.69, 9.17) is 4.74 Å². The molecule has 0 saturated heterocycles. The molecule has 0 saturated carbocycles. The maximum absolute atomic E-state index is 15.0. The fourth-order valence-corrected chi connectivity index (χ4v) is 4.12. The Morgan fingerprint density at radius 2 is 1.88 bits per heavy atom. The van der Waals surface area contributed by atoms with Crippen LogP contribution in [-0.2, 0) is 0 Å². The van der Waals surface area contributed by atoms with Crippen LogP contribution >= 0.6 is 31.9 Å². The number of rotatable bonds is 2. The van der Waals surface area contributed by atoms with E-state index in [-0.39, 0.29) is 6.01 Å². The van der Waals surface area contributed by atoms with Crippen molar-refractivity contribution < 1.29 is 17.9 Å². The second kappa shape index (κ2) is 5.35. The molecule has 0 unspecified atom stereocenters. The average molecular weight is 458 g/mol. The van der Waals surface area contributed by atoms with Crippen molar-refractivity contribution in [3.63, 3.8) is 0 Å². The lowest BCUT2D eigenvalue weighted by molar-refractivity contribution is -0.358. The van der Waals surface area contributed by atoms with Gasteiger partial charge in [-0.25, -0.2) is 9.97 Å². The summed E-state index contributed by atoms with van der Waals surface area (Å²) in [5.41, 5.74) is 2.06. The quantitative estimate of drug-likeness (QED) is 0.649. The summed E-state index contributed by atoms with van der Waals surface area (Å²) in [7, 11) is 1.47. The molecule has 0 aliphatic carbocycles. The monoisotopic (exact) mass is 456 g/mol. The number of aromatic nitrogens is 3. The van der Waals surface area contributed by atoms with E-state index < -0.39 is 6.97 Å². The van der Waals surface area contributed by atoms with Gasteiger partial charge in [0.15, 0.2) is 5.70 Å². The largest absolute Gasteiger partial charge is 0.738 e. The lowest BCUT2D eigenvalue weighted by atomic mass is 9.87. The van der Waals surface area contributed by atoms with Crippen molar-refractivity contribution >= 4 is 49.0 Å². The Hall–Kier alpha value is -1.81. The van der Waals surface area contributed by atoms with Crippen molar-refractivity contribution in [3.05, 3.63) is 58.2 Å². The van der Waals surface area contributed by atoms with Crippen LogP contribution in [0, 0.1) is 0 Å². The highest BCUT2D eigenvalue weighted by Crippen LogP contribution is 2.41. The van der Waals surface area contributed by atoms with E-state index in [2.05, 4.69) is 41.8 Å². The summed E-state index contributed by atoms with van der Waals surface area (Å²) in [6, 6.07) is 3.48. The van der Waals surface area contributed by atoms with Crippen molar-refractivity contribution in [1.82, 2.24) is 14.4 Å². The van der Waals surface area contributed by atoms with Gasteiger partial charge < -0.3 is 22.3 Å². The normalized spacial score (nSPS) is 18.0. The van der Waals surface area contributed by atoms with Gasteiger partial charge in [0.05, 0.1) is 17.3 Å². The predicted octanol–water partition coefficient (Wildman–Crippen LogP) is 3.42. The predicted molar refractivity (Wildman–Crippen MR) is 93.4 cm³/mol. The molecule has 0 fully saturated rings. The van der Waals surface area contributed by atoms with Crippen LogP contribution in [0.5, 0.6) is 6.01 Å². The van der Waals surface area contributed by atoms with Gasteiger partial charge >= 0.3 is 13.0 Å². The van der Waals surface area contributed by atoms with Gasteiger partial charge in [0, 0.05) is 51.7 Å². The molecule has 24 heavy (non-hydrogen) atoms. The maximum Gasteiger partial charge on any atom is 0.738 e. The number of fused-ring (bicyclic) bond motifs is 2. The lowest BCUT2D eigenvalue weighted by Crippen LogP contribution is -2.50. The number of nitrogens with zero attached hydrogens (tertiary/aromatic N) is 4. The third-order valence-electron chi connectivity index (χ3n) is 3.97. The van der Waals surface area contributed by atoms with Crippen LogP contribution in [0.1, 0.15) is 11.3 Å². The fraction of sp³-hybridized carbons (Fsp3) is 0.0714. The number of allylic oxidation sites excluding steroid dienone is 2. The summed E-state index contributed by atoms with van der Waals surface area (Å²) in [5, 5.41) is 0. The van der Waals surface area contributed by atoms with Crippen LogP contribution in [-0.4, -0.2) is 37.6 Å². The highest BCUT2D eigenvalue weighted by atomic mass is 79.9. The summed E-state index contributed by atoms with van der Waals surface area (Å²) in [6.07, 6.45) is 6.39. The van der Waals surface area contributed by atoms with E-state index in [1.54, 1.807) is 36.7 Å². The highest BCUT2D eigenvalue weighted by Gasteiger charge is 2.54. The van der Waals surface area contributed by atoms with Crippen LogP contribution in [0.2, 0.25) is 0 Å². The van der Waals surface area contributed by atoms with Gasteiger partial charge in [-0.2, -0.15) is 0 Å². The topological polar surface area (TPSA) is 43.0 Å². The molecule has 5 nitrogen and oxygen atoms in total. The summed E-state index contributed by atoms with van der Waals surface area (Å²) >= 11 is 6.44. The summed E-state index contributed by atoms with van der Waals surface area (Å²) < 4.78 is 37.7. The molecule has 0 bridgehead atoms. The Kier molecular flexibility index (Phi) is 3.50. The maximum atomic E-state index is 15.0. The molecule has 4 heterocycles. The van der Waals surface area contributed by atoms with E-state index in [0.717, 1.165) is 8.96 Å². The van der Waals surface area contributed by atoms with E-state index in [9.17, 15) is 0 Å². The molecular weight excluding hydrogens is 449 g/mol. The first-order valence-electron chi connectivity index (χ1n) is 6.95. The summed E-state index contributed by atoms with van der Waals surface area (Å²) in [6.45, 7) is -4.02. The molecule has 4 rings (SSSR count). The zero-order valence-corrected chi connectivity index (χ0v) is 15.4. The van der Waals surface area contributed by atoms with Crippen LogP contribution in [0.25, 0.3) is 5.57 Å². The highest BCUT2D eigenvalue weighted by molar-refractivity contribution is 9.18. The van der Waals surface area contributed by atoms with Crippen molar-refractivity contribution in [2.24, 2.45) is 0 Å². The molecule has 0 amide bonds. The van der Waals surface area contributed by atoms with Crippen molar-refractivity contribution in [3.8, 4) is 6.01 Å². The van der Waals surface area contributed by atoms with Crippen molar-refractivity contribution in [1.29, 1.82) is 0 Å². The Labute approximate surface area is 152 Å². The van der Waals surface area contributed by atoms with Crippen molar-refractivity contribution in [2.45, 2.75) is 0 Å². The van der Waals surface area contributed by atoms with Gasteiger partial charge in [-0.05, 0) is 28.1 Å². The molecule has 0 N–H and O–H groups in total. The molecule has 2 aromatic rings. The van der Waals surface area contributed by atoms with E-state index in [1.165, 1.54) is 7.11 Å². The third-order valence-corrected chi connectivity index (χ3v) is 5.26. The number of hydrogen-bond donors (Lipinski definition) is 0. The molecule has 0 spiro atoms. The SMILES string of the molecule is COc1ncc(C2=C3C=CC(Br)=[N+]3[B-](F)(F)n3c(Br)ccc32)cn1. The van der Waals surface area contributed by atoms with Gasteiger partial charge in [0.1, 0.15) is 0 Å². The fourth-order valence-electron chi connectivity index (χ4n) is 2.98. The molecule has 0 atom stereocenters. The second-order valence-electron chi connectivity index (χ2n) is 5.24. The molecule has 0 radical (unpaired) electrons. The molecular formula is C14H9BBr2F2N4O. The van der Waals surface area contributed by atoms with Gasteiger partial charge in [-0.15, -0.1) is 0 Å². The first-order chi connectivity index (χ1) is 11.4. The molecule has 122 valence electrons. The van der Waals surface area contributed by atoms with Gasteiger partial charge in [-0.3, -0.25) is 0 Å². The Morgan fingerprint density at radius 1 is 1.17 bits per heavy atom. The Balaban J connectivity index is 2.04. The molecule has 0 aromatic carbocycles. The first kappa shape index (κ1) is 15.7. The zero-order chi connectivity index (χ0) is 17.1. The zero-order valence-electron chi connectivity index (χ0n) is 12.3. The summed E-state index contributed by atoms with van der Waals surface area (Å²) in [5.74, 6) is 0. The van der Waals surface area contributed by atoms with Gasteiger partial charge in [0.25, 0.3) is 0 Å². The summed E-state index contributed by atoms with van der Waals surface area (Å²) in [4.78, 5) is 8.18. The minimum Gasteiger partial charge on any atom is -0.467 e. The van der Waals surface area contributed by atoms with E-state index in [1.807, 2.05) is 0 Å². The first-order valence-corrected chi connectivity index (χ1v) is 8.54. The van der Waals surface area contributed by atoms with E-state index >= 15 is 8.63 Å². The van der Waals surface area contributed by atoms with Crippen molar-refractivity contribution in [2.75, 3.05) is 7.11 Å². The lowest BCUT2D eigenvalue weighted by Gasteiger charge is -2.31. The second-order valence-corrected chi connectivity index (χ2v) is 6.87. The minimum absolute atomic E-state index is 0.220.